The summed E-state index contributed by atoms with van der Waals surface area (Å²) < 4.78 is 5.17. The number of ether oxygens (including phenoxy) is 1. The SMILES string of the molecule is C[C@@H](OC(=O)/C=C/c1cccc(Cl)c1)C(=O)N[C@@H]1CCCC[C@@H]1C. The molecule has 1 aliphatic rings. The molecule has 2 rings (SSSR count). The minimum Gasteiger partial charge on any atom is -0.449 e. The number of halogens is 1. The van der Waals surface area contributed by atoms with Crippen molar-refractivity contribution in [3.05, 3.63) is 40.9 Å². The topological polar surface area (TPSA) is 55.4 Å². The Hall–Kier alpha value is -1.81. The van der Waals surface area contributed by atoms with Gasteiger partial charge in [-0.2, -0.15) is 0 Å². The van der Waals surface area contributed by atoms with Crippen LogP contribution in [0.3, 0.4) is 0 Å². The Balaban J connectivity index is 1.83. The third-order valence-electron chi connectivity index (χ3n) is 4.36. The molecule has 3 atom stereocenters. The molecule has 1 aliphatic carbocycles. The van der Waals surface area contributed by atoms with Crippen molar-refractivity contribution in [1.82, 2.24) is 5.32 Å². The third-order valence-corrected chi connectivity index (χ3v) is 4.60. The molecule has 1 aromatic carbocycles. The Labute approximate surface area is 148 Å². The van der Waals surface area contributed by atoms with Crippen LogP contribution in [0.15, 0.2) is 30.3 Å². The highest BCUT2D eigenvalue weighted by Crippen LogP contribution is 2.23. The van der Waals surface area contributed by atoms with Gasteiger partial charge in [0.1, 0.15) is 0 Å². The Morgan fingerprint density at radius 2 is 2.08 bits per heavy atom. The number of rotatable bonds is 5. The van der Waals surface area contributed by atoms with Gasteiger partial charge in [-0.25, -0.2) is 4.79 Å². The van der Waals surface area contributed by atoms with Gasteiger partial charge in [0.05, 0.1) is 0 Å². The molecular weight excluding hydrogens is 326 g/mol. The lowest BCUT2D eigenvalue weighted by Gasteiger charge is -2.30. The van der Waals surface area contributed by atoms with Crippen LogP contribution in [0.5, 0.6) is 0 Å². The van der Waals surface area contributed by atoms with E-state index in [0.29, 0.717) is 10.9 Å². The average molecular weight is 350 g/mol. The molecule has 0 unspecified atom stereocenters. The van der Waals surface area contributed by atoms with Crippen molar-refractivity contribution in [3.63, 3.8) is 0 Å². The molecule has 130 valence electrons. The number of nitrogens with one attached hydrogen (secondary N) is 1. The van der Waals surface area contributed by atoms with Gasteiger partial charge in [-0.1, -0.05) is 43.5 Å². The number of hydrogen-bond donors (Lipinski definition) is 1. The lowest BCUT2D eigenvalue weighted by molar-refractivity contribution is -0.150. The summed E-state index contributed by atoms with van der Waals surface area (Å²) in [5, 5.41) is 3.59. The van der Waals surface area contributed by atoms with Gasteiger partial charge in [0.25, 0.3) is 5.91 Å². The summed E-state index contributed by atoms with van der Waals surface area (Å²) in [5.41, 5.74) is 0.799. The first kappa shape index (κ1) is 18.5. The predicted molar refractivity (Wildman–Crippen MR) is 95.6 cm³/mol. The van der Waals surface area contributed by atoms with Crippen molar-refractivity contribution < 1.29 is 14.3 Å². The second kappa shape index (κ2) is 8.88. The van der Waals surface area contributed by atoms with E-state index < -0.39 is 12.1 Å². The molecule has 1 aromatic rings. The van der Waals surface area contributed by atoms with E-state index in [1.165, 1.54) is 12.5 Å². The molecule has 5 heteroatoms. The molecule has 0 aromatic heterocycles. The van der Waals surface area contributed by atoms with Gasteiger partial charge in [0.15, 0.2) is 6.10 Å². The maximum atomic E-state index is 12.2. The highest BCUT2D eigenvalue weighted by atomic mass is 35.5. The fourth-order valence-electron chi connectivity index (χ4n) is 2.87. The van der Waals surface area contributed by atoms with E-state index in [4.69, 9.17) is 16.3 Å². The molecule has 0 radical (unpaired) electrons. The van der Waals surface area contributed by atoms with Gasteiger partial charge in [0, 0.05) is 17.1 Å². The maximum absolute atomic E-state index is 12.2. The fraction of sp³-hybridized carbons (Fsp3) is 0.474. The number of carbonyl (C=O) groups is 2. The standard InChI is InChI=1S/C19H24ClNO3/c1-13-6-3-4-9-17(13)21-19(23)14(2)24-18(22)11-10-15-7-5-8-16(20)12-15/h5,7-8,10-14,17H,3-4,6,9H2,1-2H3,(H,21,23)/b11-10+/t13-,14+,17+/m0/s1. The lowest BCUT2D eigenvalue weighted by atomic mass is 9.86. The van der Waals surface area contributed by atoms with Crippen LogP contribution in [0.1, 0.15) is 45.1 Å². The summed E-state index contributed by atoms with van der Waals surface area (Å²) in [6.07, 6.45) is 6.57. The third kappa shape index (κ3) is 5.68. The fourth-order valence-corrected chi connectivity index (χ4v) is 3.07. The Morgan fingerprint density at radius 1 is 1.33 bits per heavy atom. The second-order valence-corrected chi connectivity index (χ2v) is 6.78. The van der Waals surface area contributed by atoms with Crippen LogP contribution in [0.25, 0.3) is 6.08 Å². The summed E-state index contributed by atoms with van der Waals surface area (Å²) in [4.78, 5) is 24.0. The Bertz CT molecular complexity index is 614. The van der Waals surface area contributed by atoms with E-state index in [1.54, 1.807) is 31.2 Å². The highest BCUT2D eigenvalue weighted by molar-refractivity contribution is 6.30. The average Bonchev–Trinajstić information content (AvgIpc) is 2.55. The van der Waals surface area contributed by atoms with Gasteiger partial charge >= 0.3 is 5.97 Å². The van der Waals surface area contributed by atoms with E-state index in [1.807, 2.05) is 6.07 Å². The molecule has 0 aliphatic heterocycles. The Kier molecular flexibility index (Phi) is 6.85. The Morgan fingerprint density at radius 3 is 2.79 bits per heavy atom. The second-order valence-electron chi connectivity index (χ2n) is 6.34. The van der Waals surface area contributed by atoms with E-state index in [2.05, 4.69) is 12.2 Å². The zero-order valence-electron chi connectivity index (χ0n) is 14.1. The highest BCUT2D eigenvalue weighted by Gasteiger charge is 2.25. The van der Waals surface area contributed by atoms with Crippen molar-refractivity contribution in [3.8, 4) is 0 Å². The van der Waals surface area contributed by atoms with Gasteiger partial charge in [0.2, 0.25) is 0 Å². The monoisotopic (exact) mass is 349 g/mol. The van der Waals surface area contributed by atoms with Gasteiger partial charge in [-0.3, -0.25) is 4.79 Å². The van der Waals surface area contributed by atoms with E-state index in [-0.39, 0.29) is 11.9 Å². The molecule has 0 saturated heterocycles. The van der Waals surface area contributed by atoms with Crippen LogP contribution in [0.2, 0.25) is 5.02 Å². The normalized spacial score (nSPS) is 22.1. The van der Waals surface area contributed by atoms with Crippen molar-refractivity contribution >= 4 is 29.6 Å². The van der Waals surface area contributed by atoms with Crippen LogP contribution < -0.4 is 5.32 Å². The molecule has 1 saturated carbocycles. The van der Waals surface area contributed by atoms with E-state index in [9.17, 15) is 9.59 Å². The van der Waals surface area contributed by atoms with Crippen molar-refractivity contribution in [2.45, 2.75) is 51.7 Å². The molecule has 1 N–H and O–H groups in total. The summed E-state index contributed by atoms with van der Waals surface area (Å²) in [6, 6.07) is 7.31. The van der Waals surface area contributed by atoms with Crippen LogP contribution in [-0.2, 0) is 14.3 Å². The smallest absolute Gasteiger partial charge is 0.331 e. The number of benzene rings is 1. The molecular formula is C19H24ClNO3. The predicted octanol–water partition coefficient (Wildman–Crippen LogP) is 3.98. The summed E-state index contributed by atoms with van der Waals surface area (Å²) in [6.45, 7) is 3.74. The summed E-state index contributed by atoms with van der Waals surface area (Å²) in [5.74, 6) is -0.319. The zero-order chi connectivity index (χ0) is 17.5. The van der Waals surface area contributed by atoms with Gasteiger partial charge in [-0.05, 0) is 49.5 Å². The zero-order valence-corrected chi connectivity index (χ0v) is 14.9. The molecule has 0 spiro atoms. The van der Waals surface area contributed by atoms with Crippen molar-refractivity contribution in [1.29, 1.82) is 0 Å². The molecule has 1 amide bonds. The van der Waals surface area contributed by atoms with Crippen LogP contribution >= 0.6 is 11.6 Å². The largest absolute Gasteiger partial charge is 0.449 e. The number of esters is 1. The molecule has 24 heavy (non-hydrogen) atoms. The maximum Gasteiger partial charge on any atom is 0.331 e. The number of carbonyl (C=O) groups excluding carboxylic acids is 2. The quantitative estimate of drug-likeness (QED) is 0.646. The van der Waals surface area contributed by atoms with Crippen LogP contribution in [-0.4, -0.2) is 24.0 Å². The summed E-state index contributed by atoms with van der Waals surface area (Å²) >= 11 is 5.89. The van der Waals surface area contributed by atoms with Crippen LogP contribution in [0.4, 0.5) is 0 Å². The van der Waals surface area contributed by atoms with Gasteiger partial charge < -0.3 is 10.1 Å². The lowest BCUT2D eigenvalue weighted by Crippen LogP contribution is -2.45. The first-order valence-corrected chi connectivity index (χ1v) is 8.78. The number of hydrogen-bond acceptors (Lipinski definition) is 3. The number of amides is 1. The van der Waals surface area contributed by atoms with E-state index >= 15 is 0 Å². The van der Waals surface area contributed by atoms with Crippen molar-refractivity contribution in [2.75, 3.05) is 0 Å². The summed E-state index contributed by atoms with van der Waals surface area (Å²) in [7, 11) is 0. The molecule has 0 bridgehead atoms. The van der Waals surface area contributed by atoms with Gasteiger partial charge in [-0.15, -0.1) is 0 Å². The van der Waals surface area contributed by atoms with Crippen molar-refractivity contribution in [2.24, 2.45) is 5.92 Å². The first-order chi connectivity index (χ1) is 11.5. The minimum absolute atomic E-state index is 0.175. The molecule has 4 nitrogen and oxygen atoms in total. The minimum atomic E-state index is -0.810. The molecule has 0 heterocycles. The molecule has 1 fully saturated rings. The first-order valence-electron chi connectivity index (χ1n) is 8.40. The van der Waals surface area contributed by atoms with E-state index in [0.717, 1.165) is 24.8 Å². The van der Waals surface area contributed by atoms with Crippen LogP contribution in [0, 0.1) is 5.92 Å².